The molecule has 0 bridgehead atoms. The van der Waals surface area contributed by atoms with E-state index in [2.05, 4.69) is 10.6 Å². The third-order valence-corrected chi connectivity index (χ3v) is 2.49. The molecule has 0 aliphatic carbocycles. The molecule has 0 radical (unpaired) electrons. The summed E-state index contributed by atoms with van der Waals surface area (Å²) in [5, 5.41) is 6.35. The van der Waals surface area contributed by atoms with E-state index in [4.69, 9.17) is 0 Å². The van der Waals surface area contributed by atoms with E-state index in [-0.39, 0.29) is 5.91 Å². The van der Waals surface area contributed by atoms with Crippen LogP contribution in [0.2, 0.25) is 0 Å². The molecule has 0 saturated carbocycles. The molecule has 1 aliphatic rings. The highest BCUT2D eigenvalue weighted by Gasteiger charge is 2.14. The fraction of sp³-hybridized carbons (Fsp3) is 0.900. The van der Waals surface area contributed by atoms with Crippen molar-refractivity contribution < 1.29 is 4.79 Å². The Bertz CT molecular complexity index is 176. The zero-order valence-corrected chi connectivity index (χ0v) is 9.18. The fourth-order valence-electron chi connectivity index (χ4n) is 1.59. The van der Waals surface area contributed by atoms with E-state index in [0.29, 0.717) is 12.5 Å². The van der Waals surface area contributed by atoms with Crippen molar-refractivity contribution in [1.29, 1.82) is 0 Å². The van der Waals surface area contributed by atoms with Crippen LogP contribution in [0, 0.1) is 0 Å². The molecule has 1 aliphatic heterocycles. The van der Waals surface area contributed by atoms with Crippen molar-refractivity contribution in [3.05, 3.63) is 0 Å². The maximum absolute atomic E-state index is 11.5. The number of rotatable bonds is 4. The van der Waals surface area contributed by atoms with Gasteiger partial charge in [-0.15, -0.1) is 0 Å². The molecule has 0 atom stereocenters. The summed E-state index contributed by atoms with van der Waals surface area (Å²) in [6.45, 7) is 2.88. The van der Waals surface area contributed by atoms with Gasteiger partial charge in [0.15, 0.2) is 0 Å². The van der Waals surface area contributed by atoms with E-state index in [1.165, 1.54) is 0 Å². The SMILES string of the molecule is CN(C)CCC(=O)NC1CCNCC1. The van der Waals surface area contributed by atoms with Crippen LogP contribution in [0.15, 0.2) is 0 Å². The van der Waals surface area contributed by atoms with Gasteiger partial charge >= 0.3 is 0 Å². The van der Waals surface area contributed by atoms with Crippen LogP contribution in [-0.4, -0.2) is 50.6 Å². The summed E-state index contributed by atoms with van der Waals surface area (Å²) in [4.78, 5) is 13.5. The molecule has 1 fully saturated rings. The lowest BCUT2D eigenvalue weighted by molar-refractivity contribution is -0.122. The van der Waals surface area contributed by atoms with Gasteiger partial charge in [0.05, 0.1) is 0 Å². The van der Waals surface area contributed by atoms with Gasteiger partial charge in [-0.1, -0.05) is 0 Å². The topological polar surface area (TPSA) is 44.4 Å². The maximum Gasteiger partial charge on any atom is 0.221 e. The number of carbonyl (C=O) groups excluding carboxylic acids is 1. The first-order valence-electron chi connectivity index (χ1n) is 5.33. The number of nitrogens with one attached hydrogen (secondary N) is 2. The lowest BCUT2D eigenvalue weighted by Crippen LogP contribution is -2.43. The lowest BCUT2D eigenvalue weighted by atomic mass is 10.1. The maximum atomic E-state index is 11.5. The van der Waals surface area contributed by atoms with Crippen molar-refractivity contribution in [3.8, 4) is 0 Å². The molecule has 1 amide bonds. The number of carbonyl (C=O) groups is 1. The van der Waals surface area contributed by atoms with Crippen LogP contribution < -0.4 is 10.6 Å². The normalized spacial score (nSPS) is 18.5. The highest BCUT2D eigenvalue weighted by Crippen LogP contribution is 2.01. The Balaban J connectivity index is 2.12. The Hall–Kier alpha value is -0.610. The molecule has 4 heteroatoms. The summed E-state index contributed by atoms with van der Waals surface area (Å²) in [7, 11) is 3.97. The molecular weight excluding hydrogens is 178 g/mol. The molecule has 1 heterocycles. The van der Waals surface area contributed by atoms with E-state index in [1.54, 1.807) is 0 Å². The highest BCUT2D eigenvalue weighted by molar-refractivity contribution is 5.76. The number of nitrogens with zero attached hydrogens (tertiary/aromatic N) is 1. The minimum absolute atomic E-state index is 0.186. The second-order valence-electron chi connectivity index (χ2n) is 4.15. The van der Waals surface area contributed by atoms with Gasteiger partial charge in [0, 0.05) is 19.0 Å². The summed E-state index contributed by atoms with van der Waals surface area (Å²) < 4.78 is 0. The first-order valence-corrected chi connectivity index (χ1v) is 5.33. The summed E-state index contributed by atoms with van der Waals surface area (Å²) in [6.07, 6.45) is 2.73. The van der Waals surface area contributed by atoms with Crippen molar-refractivity contribution in [2.24, 2.45) is 0 Å². The van der Waals surface area contributed by atoms with Crippen LogP contribution in [0.3, 0.4) is 0 Å². The van der Waals surface area contributed by atoms with Crippen molar-refractivity contribution >= 4 is 5.91 Å². The van der Waals surface area contributed by atoms with Gasteiger partial charge in [0.1, 0.15) is 0 Å². The average molecular weight is 199 g/mol. The standard InChI is InChI=1S/C10H21N3O/c1-13(2)8-5-10(14)12-9-3-6-11-7-4-9/h9,11H,3-8H2,1-2H3,(H,12,14). The molecular formula is C10H21N3O. The third-order valence-electron chi connectivity index (χ3n) is 2.49. The van der Waals surface area contributed by atoms with Crippen LogP contribution >= 0.6 is 0 Å². The quantitative estimate of drug-likeness (QED) is 0.659. The highest BCUT2D eigenvalue weighted by atomic mass is 16.1. The van der Waals surface area contributed by atoms with Crippen LogP contribution in [-0.2, 0) is 4.79 Å². The summed E-state index contributed by atoms with van der Waals surface area (Å²) in [5.74, 6) is 0.186. The van der Waals surface area contributed by atoms with Crippen LogP contribution in [0.25, 0.3) is 0 Å². The van der Waals surface area contributed by atoms with Crippen LogP contribution in [0.1, 0.15) is 19.3 Å². The first-order chi connectivity index (χ1) is 6.68. The van der Waals surface area contributed by atoms with Crippen molar-refractivity contribution in [1.82, 2.24) is 15.5 Å². The summed E-state index contributed by atoms with van der Waals surface area (Å²) in [6, 6.07) is 0.394. The summed E-state index contributed by atoms with van der Waals surface area (Å²) in [5.41, 5.74) is 0. The Morgan fingerprint density at radius 1 is 1.43 bits per heavy atom. The lowest BCUT2D eigenvalue weighted by Gasteiger charge is -2.23. The Labute approximate surface area is 86.0 Å². The van der Waals surface area contributed by atoms with Gasteiger partial charge in [-0.05, 0) is 40.0 Å². The molecule has 82 valence electrons. The fourth-order valence-corrected chi connectivity index (χ4v) is 1.59. The molecule has 0 aromatic rings. The second-order valence-corrected chi connectivity index (χ2v) is 4.15. The Morgan fingerprint density at radius 2 is 2.07 bits per heavy atom. The molecule has 1 rings (SSSR count). The van der Waals surface area contributed by atoms with Gasteiger partial charge in [0.2, 0.25) is 5.91 Å². The van der Waals surface area contributed by atoms with Gasteiger partial charge in [-0.3, -0.25) is 4.79 Å². The molecule has 0 spiro atoms. The third kappa shape index (κ3) is 4.58. The Kier molecular flexibility index (Phi) is 4.90. The monoisotopic (exact) mass is 199 g/mol. The van der Waals surface area contributed by atoms with E-state index in [1.807, 2.05) is 19.0 Å². The van der Waals surface area contributed by atoms with Gasteiger partial charge in [-0.2, -0.15) is 0 Å². The second kappa shape index (κ2) is 5.98. The van der Waals surface area contributed by atoms with E-state index in [9.17, 15) is 4.79 Å². The molecule has 14 heavy (non-hydrogen) atoms. The molecule has 0 aromatic heterocycles. The molecule has 4 nitrogen and oxygen atoms in total. The molecule has 2 N–H and O–H groups in total. The molecule has 1 saturated heterocycles. The first kappa shape index (κ1) is 11.5. The molecule has 0 unspecified atom stereocenters. The van der Waals surface area contributed by atoms with E-state index >= 15 is 0 Å². The predicted octanol–water partition coefficient (Wildman–Crippen LogP) is -0.194. The number of piperidine rings is 1. The number of hydrogen-bond acceptors (Lipinski definition) is 3. The van der Waals surface area contributed by atoms with Gasteiger partial charge in [-0.25, -0.2) is 0 Å². The van der Waals surface area contributed by atoms with Crippen LogP contribution in [0.5, 0.6) is 0 Å². The molecule has 0 aromatic carbocycles. The van der Waals surface area contributed by atoms with Crippen molar-refractivity contribution in [2.45, 2.75) is 25.3 Å². The van der Waals surface area contributed by atoms with E-state index < -0.39 is 0 Å². The van der Waals surface area contributed by atoms with Crippen molar-refractivity contribution in [2.75, 3.05) is 33.7 Å². The number of hydrogen-bond donors (Lipinski definition) is 2. The largest absolute Gasteiger partial charge is 0.353 e. The smallest absolute Gasteiger partial charge is 0.221 e. The van der Waals surface area contributed by atoms with Gasteiger partial charge < -0.3 is 15.5 Å². The van der Waals surface area contributed by atoms with Gasteiger partial charge in [0.25, 0.3) is 0 Å². The van der Waals surface area contributed by atoms with Crippen LogP contribution in [0.4, 0.5) is 0 Å². The van der Waals surface area contributed by atoms with Crippen molar-refractivity contribution in [3.63, 3.8) is 0 Å². The number of amides is 1. The van der Waals surface area contributed by atoms with E-state index in [0.717, 1.165) is 32.5 Å². The Morgan fingerprint density at radius 3 is 2.64 bits per heavy atom. The average Bonchev–Trinajstić information content (AvgIpc) is 2.16. The minimum atomic E-state index is 0.186. The minimum Gasteiger partial charge on any atom is -0.353 e. The predicted molar refractivity (Wildman–Crippen MR) is 57.2 cm³/mol. The zero-order valence-electron chi connectivity index (χ0n) is 9.18. The zero-order chi connectivity index (χ0) is 10.4. The summed E-state index contributed by atoms with van der Waals surface area (Å²) >= 11 is 0.